The van der Waals surface area contributed by atoms with Gasteiger partial charge in [-0.1, -0.05) is 0 Å². The number of aromatic nitrogens is 1. The normalized spacial score (nSPS) is 12.9. The quantitative estimate of drug-likeness (QED) is 0.672. The van der Waals surface area contributed by atoms with Gasteiger partial charge in [0, 0.05) is 16.9 Å². The van der Waals surface area contributed by atoms with E-state index in [1.54, 1.807) is 17.6 Å². The lowest BCUT2D eigenvalue weighted by Crippen LogP contribution is -2.29. The van der Waals surface area contributed by atoms with Gasteiger partial charge in [0.05, 0.1) is 23.0 Å². The summed E-state index contributed by atoms with van der Waals surface area (Å²) in [4.78, 5) is 5.77. The Bertz CT molecular complexity index is 489. The topological polar surface area (TPSA) is 64.1 Å². The fourth-order valence-electron chi connectivity index (χ4n) is 1.61. The van der Waals surface area contributed by atoms with E-state index in [9.17, 15) is 0 Å². The number of nitrogens with one attached hydrogen (secondary N) is 1. The molecule has 1 atom stereocenters. The van der Waals surface area contributed by atoms with Crippen molar-refractivity contribution < 1.29 is 4.42 Å². The molecule has 0 saturated carbocycles. The number of furan rings is 1. The molecule has 2 rings (SSSR count). The Hall–Kier alpha value is -0.690. The van der Waals surface area contributed by atoms with Crippen molar-refractivity contribution in [1.29, 1.82) is 0 Å². The fraction of sp³-hybridized carbons (Fsp3) is 0.364. The highest BCUT2D eigenvalue weighted by molar-refractivity contribution is 9.10. The van der Waals surface area contributed by atoms with Crippen LogP contribution in [0.3, 0.4) is 0 Å². The molecule has 0 amide bonds. The second-order valence-electron chi connectivity index (χ2n) is 3.82. The van der Waals surface area contributed by atoms with Crippen LogP contribution in [-0.4, -0.2) is 4.98 Å². The molecule has 92 valence electrons. The number of hydrogen-bond donors (Lipinski definition) is 2. The van der Waals surface area contributed by atoms with Gasteiger partial charge in [0.15, 0.2) is 4.67 Å². The molecule has 2 heterocycles. The lowest BCUT2D eigenvalue weighted by molar-refractivity contribution is 0.506. The summed E-state index contributed by atoms with van der Waals surface area (Å²) in [6, 6.07) is 1.91. The van der Waals surface area contributed by atoms with Crippen molar-refractivity contribution in [1.82, 2.24) is 10.4 Å². The molecule has 2 aromatic rings. The van der Waals surface area contributed by atoms with E-state index in [1.165, 1.54) is 4.88 Å². The second kappa shape index (κ2) is 5.30. The number of nitrogens with two attached hydrogens (primary N) is 1. The van der Waals surface area contributed by atoms with Gasteiger partial charge in [0.2, 0.25) is 0 Å². The Kier molecular flexibility index (Phi) is 3.98. The van der Waals surface area contributed by atoms with E-state index in [4.69, 9.17) is 10.3 Å². The third-order valence-electron chi connectivity index (χ3n) is 2.67. The lowest BCUT2D eigenvalue weighted by Gasteiger charge is -2.12. The molecule has 0 aliphatic rings. The van der Waals surface area contributed by atoms with Crippen LogP contribution in [0.25, 0.3) is 0 Å². The minimum absolute atomic E-state index is 0.00748. The predicted octanol–water partition coefficient (Wildman–Crippen LogP) is 2.86. The summed E-state index contributed by atoms with van der Waals surface area (Å²) in [7, 11) is 0. The number of rotatable bonds is 4. The summed E-state index contributed by atoms with van der Waals surface area (Å²) >= 11 is 5.07. The molecule has 0 fully saturated rings. The van der Waals surface area contributed by atoms with Gasteiger partial charge in [-0.15, -0.1) is 11.3 Å². The van der Waals surface area contributed by atoms with Crippen LogP contribution in [0.15, 0.2) is 21.4 Å². The van der Waals surface area contributed by atoms with Crippen molar-refractivity contribution in [3.8, 4) is 0 Å². The number of hydrazine groups is 1. The van der Waals surface area contributed by atoms with Crippen LogP contribution in [0.2, 0.25) is 0 Å². The standard InChI is InChI=1S/C11H14BrN3OS/c1-6-7(2)17-10(14-6)5-9(15-13)8-3-4-16-11(8)12/h3-4,9,15H,5,13H2,1-2H3. The molecule has 0 aliphatic heterocycles. The monoisotopic (exact) mass is 315 g/mol. The fourth-order valence-corrected chi connectivity index (χ4v) is 3.11. The third-order valence-corrected chi connectivity index (χ3v) is 4.41. The van der Waals surface area contributed by atoms with Crippen LogP contribution in [0.4, 0.5) is 0 Å². The molecule has 0 aliphatic carbocycles. The highest BCUT2D eigenvalue weighted by Gasteiger charge is 2.18. The van der Waals surface area contributed by atoms with Crippen LogP contribution >= 0.6 is 27.3 Å². The molecule has 17 heavy (non-hydrogen) atoms. The highest BCUT2D eigenvalue weighted by atomic mass is 79.9. The maximum absolute atomic E-state index is 5.59. The minimum Gasteiger partial charge on any atom is -0.457 e. The van der Waals surface area contributed by atoms with Gasteiger partial charge in [-0.05, 0) is 35.8 Å². The molecule has 3 N–H and O–H groups in total. The van der Waals surface area contributed by atoms with Crippen LogP contribution in [0.5, 0.6) is 0 Å². The molecule has 4 nitrogen and oxygen atoms in total. The van der Waals surface area contributed by atoms with Crippen molar-refractivity contribution in [2.75, 3.05) is 0 Å². The molecule has 2 aromatic heterocycles. The first-order chi connectivity index (χ1) is 8.11. The first kappa shape index (κ1) is 12.8. The van der Waals surface area contributed by atoms with E-state index < -0.39 is 0 Å². The molecule has 1 unspecified atom stereocenters. The van der Waals surface area contributed by atoms with Gasteiger partial charge in [0.1, 0.15) is 0 Å². The van der Waals surface area contributed by atoms with Crippen molar-refractivity contribution in [3.63, 3.8) is 0 Å². The lowest BCUT2D eigenvalue weighted by atomic mass is 10.1. The Morgan fingerprint density at radius 3 is 2.82 bits per heavy atom. The first-order valence-electron chi connectivity index (χ1n) is 5.23. The zero-order valence-electron chi connectivity index (χ0n) is 9.66. The average Bonchev–Trinajstić information content (AvgIpc) is 2.83. The number of halogens is 1. The predicted molar refractivity (Wildman–Crippen MR) is 71.8 cm³/mol. The Balaban J connectivity index is 2.18. The highest BCUT2D eigenvalue weighted by Crippen LogP contribution is 2.28. The number of nitrogens with zero attached hydrogens (tertiary/aromatic N) is 1. The zero-order chi connectivity index (χ0) is 12.4. The number of aryl methyl sites for hydroxylation is 2. The largest absolute Gasteiger partial charge is 0.457 e. The van der Waals surface area contributed by atoms with E-state index in [2.05, 4.69) is 33.3 Å². The van der Waals surface area contributed by atoms with Gasteiger partial charge in [0.25, 0.3) is 0 Å². The summed E-state index contributed by atoms with van der Waals surface area (Å²) < 4.78 is 5.93. The third kappa shape index (κ3) is 2.77. The van der Waals surface area contributed by atoms with Crippen LogP contribution in [0.1, 0.15) is 27.2 Å². The van der Waals surface area contributed by atoms with Crippen molar-refractivity contribution in [2.45, 2.75) is 26.3 Å². The Morgan fingerprint density at radius 2 is 2.35 bits per heavy atom. The van der Waals surface area contributed by atoms with E-state index in [0.29, 0.717) is 4.67 Å². The average molecular weight is 316 g/mol. The van der Waals surface area contributed by atoms with Crippen LogP contribution in [0, 0.1) is 13.8 Å². The van der Waals surface area contributed by atoms with Gasteiger partial charge in [-0.3, -0.25) is 11.3 Å². The van der Waals surface area contributed by atoms with E-state index in [0.717, 1.165) is 22.7 Å². The maximum Gasteiger partial charge on any atom is 0.173 e. The van der Waals surface area contributed by atoms with Gasteiger partial charge in [-0.2, -0.15) is 0 Å². The van der Waals surface area contributed by atoms with Gasteiger partial charge >= 0.3 is 0 Å². The minimum atomic E-state index is 0.00748. The number of thiazole rings is 1. The molecular weight excluding hydrogens is 302 g/mol. The second-order valence-corrected chi connectivity index (χ2v) is 5.83. The summed E-state index contributed by atoms with van der Waals surface area (Å²) in [6.45, 7) is 4.10. The summed E-state index contributed by atoms with van der Waals surface area (Å²) in [5, 5.41) is 1.08. The van der Waals surface area contributed by atoms with Crippen LogP contribution < -0.4 is 11.3 Å². The van der Waals surface area contributed by atoms with Crippen molar-refractivity contribution in [2.24, 2.45) is 5.84 Å². The Morgan fingerprint density at radius 1 is 1.59 bits per heavy atom. The van der Waals surface area contributed by atoms with E-state index in [-0.39, 0.29) is 6.04 Å². The van der Waals surface area contributed by atoms with Crippen molar-refractivity contribution in [3.05, 3.63) is 38.1 Å². The first-order valence-corrected chi connectivity index (χ1v) is 6.84. The summed E-state index contributed by atoms with van der Waals surface area (Å²) in [5.41, 5.74) is 4.90. The number of hydrogen-bond acceptors (Lipinski definition) is 5. The molecule has 0 saturated heterocycles. The van der Waals surface area contributed by atoms with E-state index in [1.807, 2.05) is 13.0 Å². The summed E-state index contributed by atoms with van der Waals surface area (Å²) in [6.07, 6.45) is 2.40. The van der Waals surface area contributed by atoms with Crippen molar-refractivity contribution >= 4 is 27.3 Å². The molecule has 6 heteroatoms. The maximum atomic E-state index is 5.59. The molecule has 0 bridgehead atoms. The van der Waals surface area contributed by atoms with Gasteiger partial charge < -0.3 is 4.42 Å². The van der Waals surface area contributed by atoms with E-state index >= 15 is 0 Å². The summed E-state index contributed by atoms with van der Waals surface area (Å²) in [5.74, 6) is 5.59. The molecule has 0 spiro atoms. The van der Waals surface area contributed by atoms with Gasteiger partial charge in [-0.25, -0.2) is 4.98 Å². The zero-order valence-corrected chi connectivity index (χ0v) is 12.1. The Labute approximate surface area is 112 Å². The smallest absolute Gasteiger partial charge is 0.173 e. The SMILES string of the molecule is Cc1nc(CC(NN)c2ccoc2Br)sc1C. The molecule has 0 radical (unpaired) electrons. The molecule has 0 aromatic carbocycles. The molecular formula is C11H14BrN3OS. The van der Waals surface area contributed by atoms with Crippen LogP contribution in [-0.2, 0) is 6.42 Å².